The van der Waals surface area contributed by atoms with E-state index in [2.05, 4.69) is 0 Å². The Morgan fingerprint density at radius 2 is 1.47 bits per heavy atom. The minimum Gasteiger partial charge on any atom is -0.493 e. The van der Waals surface area contributed by atoms with Gasteiger partial charge in [-0.3, -0.25) is 9.59 Å². The van der Waals surface area contributed by atoms with Gasteiger partial charge in [-0.15, -0.1) is 0 Å². The number of benzene rings is 2. The molecule has 0 unspecified atom stereocenters. The maximum Gasteiger partial charge on any atom is 0.303 e. The van der Waals surface area contributed by atoms with E-state index in [1.165, 1.54) is 34.3 Å². The van der Waals surface area contributed by atoms with Gasteiger partial charge in [-0.2, -0.15) is 0 Å². The van der Waals surface area contributed by atoms with Gasteiger partial charge in [-0.1, -0.05) is 12.1 Å². The molecule has 2 aromatic rings. The molecule has 0 amide bonds. The Morgan fingerprint density at radius 3 is 1.97 bits per heavy atom. The topological polar surface area (TPSA) is 89.5 Å². The number of carbonyl (C=O) groups excluding carboxylic acids is 2. The van der Waals surface area contributed by atoms with Gasteiger partial charge >= 0.3 is 5.97 Å². The Hall–Kier alpha value is -3.68. The number of allylic oxidation sites excluding steroid dienone is 1. The Bertz CT molecular complexity index is 941. The largest absolute Gasteiger partial charge is 0.493 e. The van der Waals surface area contributed by atoms with Gasteiger partial charge in [-0.25, -0.2) is 0 Å². The predicted molar refractivity (Wildman–Crippen MR) is 119 cm³/mol. The van der Waals surface area contributed by atoms with Crippen molar-refractivity contribution in [3.63, 3.8) is 0 Å². The van der Waals surface area contributed by atoms with Gasteiger partial charge < -0.3 is 28.4 Å². The van der Waals surface area contributed by atoms with Crippen LogP contribution in [0.1, 0.15) is 31.1 Å². The van der Waals surface area contributed by atoms with E-state index in [0.29, 0.717) is 46.2 Å². The van der Waals surface area contributed by atoms with Gasteiger partial charge in [0.15, 0.2) is 29.1 Å². The Morgan fingerprint density at radius 1 is 0.875 bits per heavy atom. The van der Waals surface area contributed by atoms with Crippen molar-refractivity contribution in [2.75, 3.05) is 28.4 Å². The molecule has 32 heavy (non-hydrogen) atoms. The van der Waals surface area contributed by atoms with Crippen molar-refractivity contribution >= 4 is 18.3 Å². The lowest BCUT2D eigenvalue weighted by molar-refractivity contribution is -0.151. The highest BCUT2D eigenvalue weighted by molar-refractivity contribution is 5.75. The summed E-state index contributed by atoms with van der Waals surface area (Å²) >= 11 is 0. The first kappa shape index (κ1) is 24.6. The van der Waals surface area contributed by atoms with Crippen molar-refractivity contribution in [2.45, 2.75) is 26.1 Å². The molecule has 0 aliphatic heterocycles. The number of aldehydes is 1. The summed E-state index contributed by atoms with van der Waals surface area (Å²) in [5.41, 5.74) is 1.36. The standard InChI is InChI=1S/C24H28O8/c1-15(23(32-16(2)26)18-9-10-19(27-3)20(14-18)28-4)31-24-21(29-5)12-17(8-7-11-25)13-22(24)30-6/h7-15,23H,1-6H3/b8-7-/t15-,23-/m0/s1. The molecule has 0 N–H and O–H groups in total. The molecule has 0 aromatic heterocycles. The van der Waals surface area contributed by atoms with Crippen LogP contribution >= 0.6 is 0 Å². The van der Waals surface area contributed by atoms with Crippen LogP contribution in [0.5, 0.6) is 28.7 Å². The summed E-state index contributed by atoms with van der Waals surface area (Å²) in [6.45, 7) is 3.10. The minimum atomic E-state index is -0.753. The molecular weight excluding hydrogens is 416 g/mol. The molecular formula is C24H28O8. The number of hydrogen-bond acceptors (Lipinski definition) is 8. The second-order valence-corrected chi connectivity index (χ2v) is 6.72. The first-order valence-corrected chi connectivity index (χ1v) is 9.82. The van der Waals surface area contributed by atoms with Gasteiger partial charge in [0.2, 0.25) is 5.75 Å². The maximum atomic E-state index is 11.8. The molecule has 2 atom stereocenters. The van der Waals surface area contributed by atoms with Crippen LogP contribution in [-0.2, 0) is 14.3 Å². The zero-order chi connectivity index (χ0) is 23.7. The third-order valence-corrected chi connectivity index (χ3v) is 4.61. The molecule has 0 heterocycles. The summed E-state index contributed by atoms with van der Waals surface area (Å²) in [5, 5.41) is 0. The van der Waals surface area contributed by atoms with Gasteiger partial charge in [0.05, 0.1) is 28.4 Å². The van der Waals surface area contributed by atoms with Gasteiger partial charge in [0, 0.05) is 12.5 Å². The molecule has 172 valence electrons. The zero-order valence-corrected chi connectivity index (χ0v) is 19.0. The van der Waals surface area contributed by atoms with E-state index in [9.17, 15) is 9.59 Å². The van der Waals surface area contributed by atoms with Gasteiger partial charge in [0.25, 0.3) is 0 Å². The molecule has 0 saturated carbocycles. The molecule has 2 rings (SSSR count). The van der Waals surface area contributed by atoms with Crippen molar-refractivity contribution < 1.29 is 38.0 Å². The number of ether oxygens (including phenoxy) is 6. The molecule has 0 fully saturated rings. The van der Waals surface area contributed by atoms with E-state index in [-0.39, 0.29) is 0 Å². The predicted octanol–water partition coefficient (Wildman–Crippen LogP) is 4.00. The average Bonchev–Trinajstić information content (AvgIpc) is 2.80. The fourth-order valence-electron chi connectivity index (χ4n) is 3.15. The molecule has 0 aliphatic rings. The smallest absolute Gasteiger partial charge is 0.303 e. The molecule has 2 aromatic carbocycles. The SMILES string of the molecule is COc1ccc([C@@H](OC(C)=O)[C@H](C)Oc2c(OC)cc(/C=C\C=O)cc2OC)cc1OC. The summed E-state index contributed by atoms with van der Waals surface area (Å²) in [6, 6.07) is 8.65. The van der Waals surface area contributed by atoms with Crippen molar-refractivity contribution in [2.24, 2.45) is 0 Å². The fraction of sp³-hybridized carbons (Fsp3) is 0.333. The van der Waals surface area contributed by atoms with Crippen LogP contribution in [0.25, 0.3) is 6.08 Å². The molecule has 0 radical (unpaired) electrons. The Balaban J connectivity index is 2.46. The van der Waals surface area contributed by atoms with E-state index in [4.69, 9.17) is 28.4 Å². The normalized spacial score (nSPS) is 12.6. The quantitative estimate of drug-likeness (QED) is 0.292. The van der Waals surface area contributed by atoms with Gasteiger partial charge in [-0.05, 0) is 42.8 Å². The van der Waals surface area contributed by atoms with Crippen LogP contribution in [-0.4, -0.2) is 46.8 Å². The number of carbonyl (C=O) groups is 2. The van der Waals surface area contributed by atoms with Crippen LogP contribution in [0.3, 0.4) is 0 Å². The first-order chi connectivity index (χ1) is 15.4. The molecule has 8 nitrogen and oxygen atoms in total. The highest BCUT2D eigenvalue weighted by Gasteiger charge is 2.28. The lowest BCUT2D eigenvalue weighted by Gasteiger charge is -2.27. The van der Waals surface area contributed by atoms with Crippen LogP contribution in [0.15, 0.2) is 36.4 Å². The highest BCUT2D eigenvalue weighted by Crippen LogP contribution is 2.41. The summed E-state index contributed by atoms with van der Waals surface area (Å²) in [5.74, 6) is 1.72. The third kappa shape index (κ3) is 5.94. The second-order valence-electron chi connectivity index (χ2n) is 6.72. The maximum absolute atomic E-state index is 11.8. The van der Waals surface area contributed by atoms with E-state index >= 15 is 0 Å². The third-order valence-electron chi connectivity index (χ3n) is 4.61. The van der Waals surface area contributed by atoms with Crippen LogP contribution in [0.2, 0.25) is 0 Å². The fourth-order valence-corrected chi connectivity index (χ4v) is 3.15. The highest BCUT2D eigenvalue weighted by atomic mass is 16.6. The zero-order valence-electron chi connectivity index (χ0n) is 19.0. The summed E-state index contributed by atoms with van der Waals surface area (Å²) in [6.07, 6.45) is 2.28. The molecule has 0 spiro atoms. The monoisotopic (exact) mass is 444 g/mol. The first-order valence-electron chi connectivity index (χ1n) is 9.82. The number of hydrogen-bond donors (Lipinski definition) is 0. The van der Waals surface area contributed by atoms with E-state index in [1.54, 1.807) is 50.4 Å². The number of methoxy groups -OCH3 is 4. The Kier molecular flexibility index (Phi) is 8.95. The Labute approximate surface area is 187 Å². The minimum absolute atomic E-state index is 0.336. The van der Waals surface area contributed by atoms with Crippen molar-refractivity contribution in [3.05, 3.63) is 47.5 Å². The van der Waals surface area contributed by atoms with Crippen molar-refractivity contribution in [1.82, 2.24) is 0 Å². The van der Waals surface area contributed by atoms with Crippen molar-refractivity contribution in [3.8, 4) is 28.7 Å². The van der Waals surface area contributed by atoms with E-state index < -0.39 is 18.2 Å². The summed E-state index contributed by atoms with van der Waals surface area (Å²) in [7, 11) is 6.06. The molecule has 0 aliphatic carbocycles. The van der Waals surface area contributed by atoms with Gasteiger partial charge in [0.1, 0.15) is 12.4 Å². The lowest BCUT2D eigenvalue weighted by atomic mass is 10.0. The van der Waals surface area contributed by atoms with Crippen LogP contribution < -0.4 is 23.7 Å². The summed E-state index contributed by atoms with van der Waals surface area (Å²) in [4.78, 5) is 22.5. The lowest BCUT2D eigenvalue weighted by Crippen LogP contribution is -2.26. The summed E-state index contributed by atoms with van der Waals surface area (Å²) < 4.78 is 33.3. The average molecular weight is 444 g/mol. The van der Waals surface area contributed by atoms with E-state index in [1.807, 2.05) is 0 Å². The molecule has 0 bridgehead atoms. The molecule has 8 heteroatoms. The number of rotatable bonds is 11. The second kappa shape index (κ2) is 11.6. The van der Waals surface area contributed by atoms with E-state index in [0.717, 1.165) is 0 Å². The van der Waals surface area contributed by atoms with Crippen LogP contribution in [0, 0.1) is 0 Å². The van der Waals surface area contributed by atoms with Crippen molar-refractivity contribution in [1.29, 1.82) is 0 Å². The molecule has 0 saturated heterocycles. The number of esters is 1. The van der Waals surface area contributed by atoms with Crippen LogP contribution in [0.4, 0.5) is 0 Å².